The van der Waals surface area contributed by atoms with Crippen LogP contribution in [0.25, 0.3) is 0 Å². The monoisotopic (exact) mass is 294 g/mol. The van der Waals surface area contributed by atoms with Gasteiger partial charge in [-0.25, -0.2) is 0 Å². The normalized spacial score (nSPS) is 22.2. The number of aliphatic carboxylic acids is 1. The van der Waals surface area contributed by atoms with Gasteiger partial charge in [0, 0.05) is 18.8 Å². The van der Waals surface area contributed by atoms with E-state index < -0.39 is 5.97 Å². The van der Waals surface area contributed by atoms with Crippen LogP contribution in [0.5, 0.6) is 0 Å². The van der Waals surface area contributed by atoms with Gasteiger partial charge < -0.3 is 5.11 Å². The van der Waals surface area contributed by atoms with Crippen LogP contribution in [0.15, 0.2) is 12.2 Å². The van der Waals surface area contributed by atoms with Crippen molar-refractivity contribution in [2.24, 2.45) is 11.8 Å². The second-order valence-electron chi connectivity index (χ2n) is 6.19. The lowest BCUT2D eigenvalue weighted by Crippen LogP contribution is -2.14. The summed E-state index contributed by atoms with van der Waals surface area (Å²) in [5.74, 6) is 0.613. The predicted molar refractivity (Wildman–Crippen MR) is 85.2 cm³/mol. The molecule has 1 aliphatic rings. The molecule has 0 heterocycles. The van der Waals surface area contributed by atoms with Gasteiger partial charge in [0.2, 0.25) is 0 Å². The first-order valence-corrected chi connectivity index (χ1v) is 8.54. The molecule has 120 valence electrons. The highest BCUT2D eigenvalue weighted by molar-refractivity contribution is 5.83. The Morgan fingerprint density at radius 3 is 2.62 bits per heavy atom. The summed E-state index contributed by atoms with van der Waals surface area (Å²) >= 11 is 0. The molecule has 2 atom stereocenters. The molecule has 3 heteroatoms. The molecule has 0 bridgehead atoms. The molecule has 1 aliphatic carbocycles. The maximum Gasteiger partial charge on any atom is 0.303 e. The van der Waals surface area contributed by atoms with E-state index in [1.54, 1.807) is 0 Å². The zero-order valence-corrected chi connectivity index (χ0v) is 13.4. The van der Waals surface area contributed by atoms with Crippen LogP contribution in [0.3, 0.4) is 0 Å². The Balaban J connectivity index is 2.13. The van der Waals surface area contributed by atoms with Crippen LogP contribution in [0, 0.1) is 11.8 Å². The number of hydrogen-bond donors (Lipinski definition) is 1. The minimum atomic E-state index is -0.692. The number of unbranched alkanes of at least 4 members (excludes halogenated alkanes) is 4. The molecule has 1 saturated carbocycles. The Hall–Kier alpha value is -1.12. The SMILES string of the molecule is CC/C=C/CC1C(=O)CCC1CCCCCCCC(=O)O. The van der Waals surface area contributed by atoms with Crippen LogP contribution in [0.2, 0.25) is 0 Å². The summed E-state index contributed by atoms with van der Waals surface area (Å²) in [6.07, 6.45) is 14.9. The number of rotatable bonds is 11. The average molecular weight is 294 g/mol. The first kappa shape index (κ1) is 17.9. The van der Waals surface area contributed by atoms with Gasteiger partial charge in [0.1, 0.15) is 5.78 Å². The van der Waals surface area contributed by atoms with Gasteiger partial charge in [0.25, 0.3) is 0 Å². The number of carbonyl (C=O) groups excluding carboxylic acids is 1. The number of allylic oxidation sites excluding steroid dienone is 2. The highest BCUT2D eigenvalue weighted by Crippen LogP contribution is 2.35. The topological polar surface area (TPSA) is 54.4 Å². The van der Waals surface area contributed by atoms with E-state index >= 15 is 0 Å². The van der Waals surface area contributed by atoms with Crippen molar-refractivity contribution in [2.45, 2.75) is 77.6 Å². The minimum Gasteiger partial charge on any atom is -0.481 e. The maximum atomic E-state index is 11.9. The third-order valence-corrected chi connectivity index (χ3v) is 4.50. The smallest absolute Gasteiger partial charge is 0.303 e. The summed E-state index contributed by atoms with van der Waals surface area (Å²) in [4.78, 5) is 22.3. The average Bonchev–Trinajstić information content (AvgIpc) is 2.79. The fraction of sp³-hybridized carbons (Fsp3) is 0.778. The molecule has 0 radical (unpaired) electrons. The number of carboxylic acid groups (broad SMARTS) is 1. The molecule has 0 aromatic heterocycles. The van der Waals surface area contributed by atoms with Gasteiger partial charge in [-0.15, -0.1) is 0 Å². The Kier molecular flexibility index (Phi) is 9.04. The van der Waals surface area contributed by atoms with E-state index in [9.17, 15) is 9.59 Å². The molecule has 3 nitrogen and oxygen atoms in total. The molecular weight excluding hydrogens is 264 g/mol. The third kappa shape index (κ3) is 7.45. The van der Waals surface area contributed by atoms with Crippen molar-refractivity contribution in [1.29, 1.82) is 0 Å². The maximum absolute atomic E-state index is 11.9. The summed E-state index contributed by atoms with van der Waals surface area (Å²) in [5.41, 5.74) is 0. The molecule has 2 unspecified atom stereocenters. The van der Waals surface area contributed by atoms with Crippen LogP contribution < -0.4 is 0 Å². The largest absolute Gasteiger partial charge is 0.481 e. The van der Waals surface area contributed by atoms with Gasteiger partial charge in [0.05, 0.1) is 0 Å². The van der Waals surface area contributed by atoms with E-state index in [0.717, 1.165) is 51.4 Å². The molecule has 1 rings (SSSR count). The van der Waals surface area contributed by atoms with Crippen molar-refractivity contribution in [1.82, 2.24) is 0 Å². The van der Waals surface area contributed by atoms with Crippen molar-refractivity contribution in [3.63, 3.8) is 0 Å². The molecule has 1 fully saturated rings. The van der Waals surface area contributed by atoms with Crippen molar-refractivity contribution in [3.8, 4) is 0 Å². The summed E-state index contributed by atoms with van der Waals surface area (Å²) in [5, 5.41) is 8.56. The van der Waals surface area contributed by atoms with Gasteiger partial charge in [-0.2, -0.15) is 0 Å². The van der Waals surface area contributed by atoms with Crippen LogP contribution in [-0.2, 0) is 9.59 Å². The molecule has 0 spiro atoms. The first-order valence-electron chi connectivity index (χ1n) is 8.54. The van der Waals surface area contributed by atoms with Crippen molar-refractivity contribution in [3.05, 3.63) is 12.2 Å². The van der Waals surface area contributed by atoms with E-state index in [4.69, 9.17) is 5.11 Å². The molecule has 0 aromatic carbocycles. The summed E-state index contributed by atoms with van der Waals surface area (Å²) in [6, 6.07) is 0. The number of ketones is 1. The van der Waals surface area contributed by atoms with E-state index in [2.05, 4.69) is 19.1 Å². The Morgan fingerprint density at radius 2 is 1.90 bits per heavy atom. The molecule has 0 saturated heterocycles. The Bertz CT molecular complexity index is 346. The zero-order chi connectivity index (χ0) is 15.5. The second kappa shape index (κ2) is 10.6. The van der Waals surface area contributed by atoms with Crippen molar-refractivity contribution in [2.75, 3.05) is 0 Å². The van der Waals surface area contributed by atoms with Gasteiger partial charge >= 0.3 is 5.97 Å². The summed E-state index contributed by atoms with van der Waals surface area (Å²) in [6.45, 7) is 2.12. The van der Waals surface area contributed by atoms with Crippen LogP contribution in [0.4, 0.5) is 0 Å². The highest BCUT2D eigenvalue weighted by atomic mass is 16.4. The number of carboxylic acids is 1. The van der Waals surface area contributed by atoms with E-state index in [-0.39, 0.29) is 5.92 Å². The van der Waals surface area contributed by atoms with Crippen LogP contribution in [0.1, 0.15) is 77.6 Å². The van der Waals surface area contributed by atoms with Gasteiger partial charge in [-0.1, -0.05) is 44.8 Å². The predicted octanol–water partition coefficient (Wildman–Crippen LogP) is 4.75. The van der Waals surface area contributed by atoms with E-state index in [0.29, 0.717) is 18.1 Å². The third-order valence-electron chi connectivity index (χ3n) is 4.50. The molecule has 0 aliphatic heterocycles. The first-order chi connectivity index (χ1) is 10.1. The van der Waals surface area contributed by atoms with Crippen molar-refractivity contribution < 1.29 is 14.7 Å². The fourth-order valence-corrected chi connectivity index (χ4v) is 3.27. The Morgan fingerprint density at radius 1 is 1.19 bits per heavy atom. The Labute approximate surface area is 128 Å². The molecule has 1 N–H and O–H groups in total. The lowest BCUT2D eigenvalue weighted by atomic mass is 9.87. The van der Waals surface area contributed by atoms with Crippen LogP contribution in [-0.4, -0.2) is 16.9 Å². The number of hydrogen-bond acceptors (Lipinski definition) is 2. The summed E-state index contributed by atoms with van der Waals surface area (Å²) < 4.78 is 0. The standard InChI is InChI=1S/C18H30O3/c1-2-3-7-11-16-15(13-14-17(16)19)10-8-5-4-6-9-12-18(20)21/h3,7,15-16H,2,4-6,8-14H2,1H3,(H,20,21)/b7-3+. The van der Waals surface area contributed by atoms with Gasteiger partial charge in [0.15, 0.2) is 0 Å². The molecule has 0 amide bonds. The van der Waals surface area contributed by atoms with Gasteiger partial charge in [-0.3, -0.25) is 9.59 Å². The van der Waals surface area contributed by atoms with Gasteiger partial charge in [-0.05, 0) is 38.0 Å². The number of Topliss-reactive ketones (excluding diaryl/α,β-unsaturated/α-hetero) is 1. The fourth-order valence-electron chi connectivity index (χ4n) is 3.27. The minimum absolute atomic E-state index is 0.264. The lowest BCUT2D eigenvalue weighted by Gasteiger charge is -2.16. The zero-order valence-electron chi connectivity index (χ0n) is 13.4. The second-order valence-corrected chi connectivity index (χ2v) is 6.19. The lowest BCUT2D eigenvalue weighted by molar-refractivity contribution is -0.137. The van der Waals surface area contributed by atoms with E-state index in [1.807, 2.05) is 0 Å². The highest BCUT2D eigenvalue weighted by Gasteiger charge is 2.32. The van der Waals surface area contributed by atoms with Crippen LogP contribution >= 0.6 is 0 Å². The molecule has 0 aromatic rings. The molecule has 21 heavy (non-hydrogen) atoms. The molecular formula is C18H30O3. The quantitative estimate of drug-likeness (QED) is 0.442. The van der Waals surface area contributed by atoms with E-state index in [1.165, 1.54) is 12.8 Å². The number of carbonyl (C=O) groups is 2. The van der Waals surface area contributed by atoms with Crippen molar-refractivity contribution >= 4 is 11.8 Å². The summed E-state index contributed by atoms with van der Waals surface area (Å²) in [7, 11) is 0.